The summed E-state index contributed by atoms with van der Waals surface area (Å²) in [4.78, 5) is 0. The Hall–Kier alpha value is -1.04. The van der Waals surface area contributed by atoms with E-state index in [1.807, 2.05) is 0 Å². The highest BCUT2D eigenvalue weighted by atomic mass is 19.4. The Balaban J connectivity index is 2.17. The van der Waals surface area contributed by atoms with Crippen LogP contribution in [0.1, 0.15) is 30.3 Å². The molecule has 6 heteroatoms. The highest BCUT2D eigenvalue weighted by Crippen LogP contribution is 2.30. The molecule has 1 aromatic heterocycles. The molecule has 1 atom stereocenters. The zero-order valence-corrected chi connectivity index (χ0v) is 7.36. The minimum absolute atomic E-state index is 0.00130. The van der Waals surface area contributed by atoms with Crippen LogP contribution in [0.4, 0.5) is 13.2 Å². The molecule has 0 aliphatic carbocycles. The first-order valence-electron chi connectivity index (χ1n) is 4.43. The predicted molar refractivity (Wildman–Crippen MR) is 43.6 cm³/mol. The number of nitrogens with zero attached hydrogens (tertiary/aromatic N) is 1. The number of H-pyrrole nitrogens is 1. The number of aromatic nitrogens is 2. The van der Waals surface area contributed by atoms with Gasteiger partial charge in [0.15, 0.2) is 5.69 Å². The largest absolute Gasteiger partial charge is 0.435 e. The maximum absolute atomic E-state index is 12.2. The number of halogens is 3. The van der Waals surface area contributed by atoms with Gasteiger partial charge in [-0.2, -0.15) is 18.3 Å². The maximum atomic E-state index is 12.2. The maximum Gasteiger partial charge on any atom is 0.435 e. The second-order valence-electron chi connectivity index (χ2n) is 3.36. The summed E-state index contributed by atoms with van der Waals surface area (Å²) in [6.07, 6.45) is -2.50. The van der Waals surface area contributed by atoms with E-state index in [1.54, 1.807) is 0 Å². The molecule has 2 heterocycles. The van der Waals surface area contributed by atoms with Gasteiger partial charge in [0.05, 0.1) is 5.69 Å². The highest BCUT2D eigenvalue weighted by molar-refractivity contribution is 5.15. The molecule has 1 aliphatic rings. The summed E-state index contributed by atoms with van der Waals surface area (Å²) in [7, 11) is 0. The van der Waals surface area contributed by atoms with E-state index >= 15 is 0 Å². The number of hydrogen-bond donors (Lipinski definition) is 2. The summed E-state index contributed by atoms with van der Waals surface area (Å²) >= 11 is 0. The van der Waals surface area contributed by atoms with Crippen LogP contribution in [0.15, 0.2) is 6.07 Å². The first-order chi connectivity index (χ1) is 6.57. The van der Waals surface area contributed by atoms with Gasteiger partial charge in [0.25, 0.3) is 0 Å². The number of alkyl halides is 3. The fourth-order valence-electron chi connectivity index (χ4n) is 1.61. The molecular weight excluding hydrogens is 195 g/mol. The Labute approximate surface area is 78.7 Å². The number of rotatable bonds is 1. The molecule has 0 aromatic carbocycles. The Bertz CT molecular complexity index is 312. The van der Waals surface area contributed by atoms with Crippen molar-refractivity contribution < 1.29 is 13.2 Å². The summed E-state index contributed by atoms with van der Waals surface area (Å²) in [5, 5.41) is 8.76. The second kappa shape index (κ2) is 3.27. The van der Waals surface area contributed by atoms with Crippen LogP contribution in [0.3, 0.4) is 0 Å². The normalized spacial score (nSPS) is 22.9. The summed E-state index contributed by atoms with van der Waals surface area (Å²) in [5.41, 5.74) is -0.323. The van der Waals surface area contributed by atoms with Crippen LogP contribution >= 0.6 is 0 Å². The van der Waals surface area contributed by atoms with Gasteiger partial charge in [0.1, 0.15) is 0 Å². The fraction of sp³-hybridized carbons (Fsp3) is 0.625. The van der Waals surface area contributed by atoms with Crippen molar-refractivity contribution in [1.29, 1.82) is 0 Å². The van der Waals surface area contributed by atoms with Crippen LogP contribution in [-0.4, -0.2) is 16.7 Å². The molecule has 0 spiro atoms. The van der Waals surface area contributed by atoms with E-state index in [1.165, 1.54) is 0 Å². The number of nitrogens with one attached hydrogen (secondary N) is 2. The van der Waals surface area contributed by atoms with E-state index in [2.05, 4.69) is 15.5 Å². The van der Waals surface area contributed by atoms with Gasteiger partial charge in [-0.05, 0) is 25.5 Å². The minimum atomic E-state index is -4.35. The van der Waals surface area contributed by atoms with Crippen LogP contribution in [0.2, 0.25) is 0 Å². The van der Waals surface area contributed by atoms with E-state index in [-0.39, 0.29) is 6.04 Å². The molecule has 78 valence electrons. The van der Waals surface area contributed by atoms with Gasteiger partial charge in [-0.1, -0.05) is 0 Å². The van der Waals surface area contributed by atoms with Crippen molar-refractivity contribution in [2.75, 3.05) is 6.54 Å². The van der Waals surface area contributed by atoms with Crippen molar-refractivity contribution in [2.45, 2.75) is 25.1 Å². The van der Waals surface area contributed by atoms with E-state index in [0.29, 0.717) is 5.69 Å². The molecule has 2 rings (SSSR count). The lowest BCUT2D eigenvalue weighted by molar-refractivity contribution is -0.141. The summed E-state index contributed by atoms with van der Waals surface area (Å²) in [6, 6.07) is 1.07. The highest BCUT2D eigenvalue weighted by Gasteiger charge is 2.34. The summed E-state index contributed by atoms with van der Waals surface area (Å²) in [5.74, 6) is 0. The van der Waals surface area contributed by atoms with Gasteiger partial charge in [-0.15, -0.1) is 0 Å². The van der Waals surface area contributed by atoms with Crippen molar-refractivity contribution in [2.24, 2.45) is 0 Å². The molecule has 1 aromatic rings. The number of aromatic amines is 1. The van der Waals surface area contributed by atoms with Crippen molar-refractivity contribution in [3.8, 4) is 0 Å². The van der Waals surface area contributed by atoms with E-state index in [9.17, 15) is 13.2 Å². The molecule has 3 nitrogen and oxygen atoms in total. The van der Waals surface area contributed by atoms with Crippen LogP contribution in [0, 0.1) is 0 Å². The zero-order chi connectivity index (χ0) is 10.2. The van der Waals surface area contributed by atoms with Gasteiger partial charge in [-0.3, -0.25) is 5.10 Å². The zero-order valence-electron chi connectivity index (χ0n) is 7.36. The average Bonchev–Trinajstić information content (AvgIpc) is 2.73. The molecule has 0 radical (unpaired) electrons. The minimum Gasteiger partial charge on any atom is -0.309 e. The molecule has 1 aliphatic heterocycles. The lowest BCUT2D eigenvalue weighted by atomic mass is 10.1. The lowest BCUT2D eigenvalue weighted by Crippen LogP contribution is -2.13. The average molecular weight is 205 g/mol. The van der Waals surface area contributed by atoms with Gasteiger partial charge in [-0.25, -0.2) is 0 Å². The standard InChI is InChI=1S/C8H10F3N3/c9-8(10,11)7-4-6(13-14-7)5-2-1-3-12-5/h4-5,12H,1-3H2,(H,13,14)/t5-/m0/s1. The van der Waals surface area contributed by atoms with Crippen molar-refractivity contribution in [3.63, 3.8) is 0 Å². The fourth-order valence-corrected chi connectivity index (χ4v) is 1.61. The predicted octanol–water partition coefficient (Wildman–Crippen LogP) is 1.85. The van der Waals surface area contributed by atoms with Crippen LogP contribution < -0.4 is 5.32 Å². The first-order valence-corrected chi connectivity index (χ1v) is 4.43. The molecule has 1 fully saturated rings. The molecule has 0 bridgehead atoms. The van der Waals surface area contributed by atoms with Gasteiger partial charge >= 0.3 is 6.18 Å². The summed E-state index contributed by atoms with van der Waals surface area (Å²) < 4.78 is 36.6. The second-order valence-corrected chi connectivity index (χ2v) is 3.36. The van der Waals surface area contributed by atoms with Crippen LogP contribution in [0.5, 0.6) is 0 Å². The third kappa shape index (κ3) is 1.75. The Morgan fingerprint density at radius 2 is 2.21 bits per heavy atom. The quantitative estimate of drug-likeness (QED) is 0.734. The molecule has 0 saturated carbocycles. The lowest BCUT2D eigenvalue weighted by Gasteiger charge is -2.05. The van der Waals surface area contributed by atoms with E-state index < -0.39 is 11.9 Å². The smallest absolute Gasteiger partial charge is 0.309 e. The third-order valence-corrected chi connectivity index (χ3v) is 2.32. The van der Waals surface area contributed by atoms with Crippen LogP contribution in [-0.2, 0) is 6.18 Å². The molecule has 0 amide bonds. The Kier molecular flexibility index (Phi) is 2.22. The third-order valence-electron chi connectivity index (χ3n) is 2.32. The van der Waals surface area contributed by atoms with E-state index in [0.717, 1.165) is 25.5 Å². The van der Waals surface area contributed by atoms with E-state index in [4.69, 9.17) is 0 Å². The van der Waals surface area contributed by atoms with Gasteiger partial charge < -0.3 is 5.32 Å². The molecular formula is C8H10F3N3. The SMILES string of the molecule is FC(F)(F)c1cc([C@@H]2CCCN2)[nH]n1. The number of hydrogen-bond acceptors (Lipinski definition) is 2. The van der Waals surface area contributed by atoms with Crippen molar-refractivity contribution in [3.05, 3.63) is 17.5 Å². The van der Waals surface area contributed by atoms with Crippen molar-refractivity contribution >= 4 is 0 Å². The monoisotopic (exact) mass is 205 g/mol. The topological polar surface area (TPSA) is 40.7 Å². The molecule has 2 N–H and O–H groups in total. The summed E-state index contributed by atoms with van der Waals surface area (Å²) in [6.45, 7) is 0.852. The van der Waals surface area contributed by atoms with Gasteiger partial charge in [0, 0.05) is 6.04 Å². The van der Waals surface area contributed by atoms with Gasteiger partial charge in [0.2, 0.25) is 0 Å². The molecule has 0 unspecified atom stereocenters. The van der Waals surface area contributed by atoms with Crippen molar-refractivity contribution in [1.82, 2.24) is 15.5 Å². The Morgan fingerprint density at radius 1 is 1.43 bits per heavy atom. The molecule has 1 saturated heterocycles. The first kappa shape index (κ1) is 9.51. The van der Waals surface area contributed by atoms with Crippen LogP contribution in [0.25, 0.3) is 0 Å². The Morgan fingerprint density at radius 3 is 2.71 bits per heavy atom. The molecule has 14 heavy (non-hydrogen) atoms.